The summed E-state index contributed by atoms with van der Waals surface area (Å²) in [5.41, 5.74) is 12.8. The second kappa shape index (κ2) is 26.4. The number of carbonyl (C=O) groups is 2. The number of ether oxygens (including phenoxy) is 6. The first kappa shape index (κ1) is 56.5. The van der Waals surface area contributed by atoms with Crippen LogP contribution < -0.4 is 30.4 Å². The van der Waals surface area contributed by atoms with Crippen molar-refractivity contribution in [1.29, 1.82) is 0 Å². The van der Waals surface area contributed by atoms with Gasteiger partial charge in [-0.1, -0.05) is 30.3 Å². The van der Waals surface area contributed by atoms with E-state index in [2.05, 4.69) is 0 Å². The quantitative estimate of drug-likeness (QED) is 0.0172. The molecule has 5 aromatic rings. The van der Waals surface area contributed by atoms with Crippen molar-refractivity contribution in [1.82, 2.24) is 0 Å². The molecule has 4 N–H and O–H groups in total. The number of alkyl halides is 10. The van der Waals surface area contributed by atoms with Crippen LogP contribution in [0.15, 0.2) is 127 Å². The molecular weight excluding hydrogens is 983 g/mol. The fourth-order valence-corrected chi connectivity index (χ4v) is 6.77. The molecule has 5 aromatic carbocycles. The zero-order valence-electron chi connectivity index (χ0n) is 39.0. The monoisotopic (exact) mass is 1030 g/mol. The number of anilines is 2. The number of halogens is 10. The van der Waals surface area contributed by atoms with Crippen LogP contribution in [0.25, 0.3) is 12.2 Å². The van der Waals surface area contributed by atoms with Crippen LogP contribution >= 0.6 is 0 Å². The van der Waals surface area contributed by atoms with Crippen molar-refractivity contribution in [2.24, 2.45) is 0 Å². The number of benzene rings is 5. The van der Waals surface area contributed by atoms with Crippen molar-refractivity contribution >= 4 is 35.5 Å². The lowest BCUT2D eigenvalue weighted by Gasteiger charge is -2.19. The number of nitrogen functional groups attached to an aromatic ring is 2. The summed E-state index contributed by atoms with van der Waals surface area (Å²) in [7, 11) is 0. The van der Waals surface area contributed by atoms with Crippen LogP contribution in [-0.2, 0) is 31.3 Å². The van der Waals surface area contributed by atoms with E-state index in [1.165, 1.54) is 91.0 Å². The summed E-state index contributed by atoms with van der Waals surface area (Å²) in [6.07, 6.45) is -11.5. The summed E-state index contributed by atoms with van der Waals surface area (Å²) in [4.78, 5) is 25.6. The van der Waals surface area contributed by atoms with Gasteiger partial charge in [-0.05, 0) is 152 Å². The van der Waals surface area contributed by atoms with Gasteiger partial charge in [-0.25, -0.2) is 9.59 Å². The highest BCUT2D eigenvalue weighted by Gasteiger charge is 2.36. The fourth-order valence-electron chi connectivity index (χ4n) is 6.77. The average Bonchev–Trinajstić information content (AvgIpc) is 3.33. The van der Waals surface area contributed by atoms with Crippen molar-refractivity contribution in [3.63, 3.8) is 0 Å². The Bertz CT molecular complexity index is 2420. The largest absolute Gasteiger partial charge is 0.494 e. The molecule has 0 radical (unpaired) electrons. The number of esters is 2. The lowest BCUT2D eigenvalue weighted by atomic mass is 9.98. The Morgan fingerprint density at radius 1 is 0.479 bits per heavy atom. The smallest absolute Gasteiger partial charge is 0.426 e. The van der Waals surface area contributed by atoms with Gasteiger partial charge in [0.1, 0.15) is 36.2 Å². The molecule has 0 spiro atoms. The topological polar surface area (TPSA) is 142 Å². The Morgan fingerprint density at radius 2 is 0.863 bits per heavy atom. The molecule has 0 aliphatic rings. The van der Waals surface area contributed by atoms with E-state index in [1.54, 1.807) is 12.1 Å². The molecule has 10 nitrogen and oxygen atoms in total. The van der Waals surface area contributed by atoms with E-state index in [-0.39, 0.29) is 56.5 Å². The number of hydrogen-bond donors (Lipinski definition) is 2. The first-order chi connectivity index (χ1) is 34.5. The van der Waals surface area contributed by atoms with E-state index < -0.39 is 66.4 Å². The summed E-state index contributed by atoms with van der Waals surface area (Å²) in [6, 6.07) is 25.0. The third-order valence-corrected chi connectivity index (χ3v) is 10.6. The minimum Gasteiger partial charge on any atom is -0.494 e. The molecule has 0 amide bonds. The van der Waals surface area contributed by atoms with Crippen molar-refractivity contribution in [2.45, 2.75) is 81.9 Å². The van der Waals surface area contributed by atoms with Gasteiger partial charge in [-0.15, -0.1) is 0 Å². The van der Waals surface area contributed by atoms with Gasteiger partial charge < -0.3 is 39.9 Å². The van der Waals surface area contributed by atoms with E-state index in [0.717, 1.165) is 36.4 Å². The molecular formula is C53H52F10N2O8. The average molecular weight is 1030 g/mol. The molecule has 73 heavy (non-hydrogen) atoms. The van der Waals surface area contributed by atoms with Crippen LogP contribution in [0.3, 0.4) is 0 Å². The van der Waals surface area contributed by atoms with Crippen LogP contribution in [0.4, 0.5) is 55.3 Å². The first-order valence-corrected chi connectivity index (χ1v) is 22.8. The van der Waals surface area contributed by atoms with E-state index in [9.17, 15) is 35.9 Å². The van der Waals surface area contributed by atoms with E-state index in [1.807, 2.05) is 0 Å². The SMILES string of the molecule is Nc1ccc(C(COC(=O)/C=C/c2ccc(C(F)(F)Oc3ccc(OCCCCCC(F)(F)F)cc3)cc2)COC(=O)/C=C/c2ccc(C(F)(F)Oc3ccc(OCCCCCC(F)(F)F)cc3)cc2)c(N)c1. The number of rotatable bonds is 27. The summed E-state index contributed by atoms with van der Waals surface area (Å²) in [6.45, 7) is -0.317. The van der Waals surface area contributed by atoms with Crippen molar-refractivity contribution in [3.8, 4) is 23.0 Å². The normalized spacial score (nSPS) is 12.3. The molecule has 0 atom stereocenters. The Labute approximate surface area is 414 Å². The predicted molar refractivity (Wildman–Crippen MR) is 253 cm³/mol. The maximum absolute atomic E-state index is 15.0. The van der Waals surface area contributed by atoms with Crippen molar-refractivity contribution < 1.29 is 81.9 Å². The van der Waals surface area contributed by atoms with Gasteiger partial charge in [0.05, 0.1) is 30.3 Å². The van der Waals surface area contributed by atoms with Crippen LogP contribution in [-0.4, -0.2) is 50.7 Å². The summed E-state index contributed by atoms with van der Waals surface area (Å²) < 4.78 is 165. The number of carbonyl (C=O) groups excluding carboxylic acids is 2. The van der Waals surface area contributed by atoms with Crippen LogP contribution in [0.2, 0.25) is 0 Å². The third-order valence-electron chi connectivity index (χ3n) is 10.6. The number of unbranched alkanes of at least 4 members (excludes halogenated alkanes) is 4. The lowest BCUT2D eigenvalue weighted by Crippen LogP contribution is -2.21. The second-order valence-electron chi connectivity index (χ2n) is 16.5. The highest BCUT2D eigenvalue weighted by atomic mass is 19.4. The molecule has 0 aromatic heterocycles. The minimum atomic E-state index is -4.21. The van der Waals surface area contributed by atoms with E-state index in [4.69, 9.17) is 39.9 Å². The lowest BCUT2D eigenvalue weighted by molar-refractivity contribution is -0.186. The maximum Gasteiger partial charge on any atom is 0.426 e. The molecule has 0 fully saturated rings. The van der Waals surface area contributed by atoms with Gasteiger partial charge in [0.15, 0.2) is 0 Å². The molecule has 392 valence electrons. The number of nitrogens with two attached hydrogens (primary N) is 2. The maximum atomic E-state index is 15.0. The minimum absolute atomic E-state index is 0.0161. The van der Waals surface area contributed by atoms with Gasteiger partial charge in [-0.2, -0.15) is 43.9 Å². The Hall–Kier alpha value is -7.38. The van der Waals surface area contributed by atoms with Crippen molar-refractivity contribution in [2.75, 3.05) is 37.9 Å². The summed E-state index contributed by atoms with van der Waals surface area (Å²) in [5.74, 6) is -2.10. The molecule has 0 saturated heterocycles. The Balaban J connectivity index is 1.07. The van der Waals surface area contributed by atoms with E-state index >= 15 is 17.6 Å². The predicted octanol–water partition coefficient (Wildman–Crippen LogP) is 13.7. The molecule has 0 aliphatic heterocycles. The molecule has 0 bridgehead atoms. The third kappa shape index (κ3) is 20.3. The summed E-state index contributed by atoms with van der Waals surface area (Å²) >= 11 is 0. The van der Waals surface area contributed by atoms with Crippen LogP contribution in [0.5, 0.6) is 23.0 Å². The Kier molecular flexibility index (Phi) is 20.4. The standard InChI is InChI=1S/C53H52F10N2O8/c54-50(55,56)29-3-1-5-31-68-42-18-22-44(23-19-42)72-52(60,61)39-13-7-36(8-14-39)11-27-48(66)70-34-38(46-26-17-41(64)33-47(46)65)35-71-49(67)28-12-37-9-15-40(16-10-37)53(62,63)73-45-24-20-43(21-25-45)69-32-6-2-4-30-51(57,58)59/h7-28,33,38H,1-6,29-32,34-35,64-65H2/b27-11+,28-12+. The fraction of sp³-hybridized carbons (Fsp3) is 0.321. The highest BCUT2D eigenvalue weighted by molar-refractivity contribution is 5.87. The van der Waals surface area contributed by atoms with Gasteiger partial charge in [0.2, 0.25) is 0 Å². The molecule has 0 saturated carbocycles. The van der Waals surface area contributed by atoms with Gasteiger partial charge >= 0.3 is 36.5 Å². The molecule has 20 heteroatoms. The van der Waals surface area contributed by atoms with Gasteiger partial charge in [0, 0.05) is 36.4 Å². The number of hydrogen-bond acceptors (Lipinski definition) is 10. The van der Waals surface area contributed by atoms with Crippen LogP contribution in [0.1, 0.15) is 85.1 Å². The van der Waals surface area contributed by atoms with E-state index in [0.29, 0.717) is 59.6 Å². The Morgan fingerprint density at radius 3 is 1.23 bits per heavy atom. The van der Waals surface area contributed by atoms with Crippen molar-refractivity contribution in [3.05, 3.63) is 155 Å². The molecule has 0 aliphatic carbocycles. The van der Waals surface area contributed by atoms with Crippen LogP contribution in [0, 0.1) is 0 Å². The molecule has 0 heterocycles. The molecule has 5 rings (SSSR count). The zero-order chi connectivity index (χ0) is 53.1. The zero-order valence-corrected chi connectivity index (χ0v) is 39.0. The summed E-state index contributed by atoms with van der Waals surface area (Å²) in [5, 5.41) is 0. The first-order valence-electron chi connectivity index (χ1n) is 22.8. The van der Waals surface area contributed by atoms with Gasteiger partial charge in [-0.3, -0.25) is 0 Å². The highest BCUT2D eigenvalue weighted by Crippen LogP contribution is 2.35. The van der Waals surface area contributed by atoms with Gasteiger partial charge in [0.25, 0.3) is 0 Å². The second-order valence-corrected chi connectivity index (χ2v) is 16.5. The molecule has 0 unspecified atom stereocenters.